The largest absolute Gasteiger partial charge is 0.348 e. The molecule has 2 saturated heterocycles. The van der Waals surface area contributed by atoms with E-state index in [1.807, 2.05) is 23.6 Å². The van der Waals surface area contributed by atoms with Crippen molar-refractivity contribution in [3.05, 3.63) is 11.6 Å². The summed E-state index contributed by atoms with van der Waals surface area (Å²) in [6, 6.07) is 0.203. The standard InChI is InChI=1S/C18H30N4O2.C2H6/c1-15-4-8-21(9-5-15)17(24)22-13-18(14-22)6-10-20(11-7-18)12-16(23)19(2)3;1-2/h4H,5-14H2,1-3H3;1-2H3. The first-order valence-electron chi connectivity index (χ1n) is 10.0. The highest BCUT2D eigenvalue weighted by Crippen LogP contribution is 2.40. The molecule has 3 rings (SSSR count). The number of hydrogen-bond acceptors (Lipinski definition) is 3. The van der Waals surface area contributed by atoms with Crippen LogP contribution in [-0.2, 0) is 4.79 Å². The molecular formula is C20H36N4O2. The van der Waals surface area contributed by atoms with Crippen molar-refractivity contribution in [1.29, 1.82) is 0 Å². The van der Waals surface area contributed by atoms with Crippen molar-refractivity contribution in [2.75, 3.05) is 59.9 Å². The number of nitrogens with zero attached hydrogens (tertiary/aromatic N) is 4. The second-order valence-corrected chi connectivity index (χ2v) is 7.95. The van der Waals surface area contributed by atoms with E-state index >= 15 is 0 Å². The maximum Gasteiger partial charge on any atom is 0.320 e. The summed E-state index contributed by atoms with van der Waals surface area (Å²) in [6.45, 7) is 12.0. The van der Waals surface area contributed by atoms with E-state index in [-0.39, 0.29) is 11.9 Å². The second-order valence-electron chi connectivity index (χ2n) is 7.95. The van der Waals surface area contributed by atoms with E-state index in [9.17, 15) is 9.59 Å². The lowest BCUT2D eigenvalue weighted by molar-refractivity contribution is -0.131. The minimum atomic E-state index is 0.171. The molecule has 0 aliphatic carbocycles. The van der Waals surface area contributed by atoms with Crippen molar-refractivity contribution < 1.29 is 9.59 Å². The highest BCUT2D eigenvalue weighted by Gasteiger charge is 2.47. The highest BCUT2D eigenvalue weighted by molar-refractivity contribution is 5.77. The number of piperidine rings is 1. The monoisotopic (exact) mass is 364 g/mol. The Balaban J connectivity index is 0.00000117. The van der Waals surface area contributed by atoms with E-state index in [1.165, 1.54) is 5.57 Å². The third kappa shape index (κ3) is 4.78. The third-order valence-electron chi connectivity index (χ3n) is 5.80. The Hall–Kier alpha value is -1.56. The van der Waals surface area contributed by atoms with Crippen molar-refractivity contribution in [3.63, 3.8) is 0 Å². The molecule has 0 N–H and O–H groups in total. The van der Waals surface area contributed by atoms with Crippen LogP contribution in [0.1, 0.15) is 40.0 Å². The molecule has 0 bridgehead atoms. The van der Waals surface area contributed by atoms with Gasteiger partial charge in [-0.05, 0) is 39.3 Å². The van der Waals surface area contributed by atoms with Crippen LogP contribution in [0.3, 0.4) is 0 Å². The fourth-order valence-electron chi connectivity index (χ4n) is 3.88. The van der Waals surface area contributed by atoms with Gasteiger partial charge in [-0.25, -0.2) is 4.79 Å². The highest BCUT2D eigenvalue weighted by atomic mass is 16.2. The van der Waals surface area contributed by atoms with E-state index in [4.69, 9.17) is 0 Å². The van der Waals surface area contributed by atoms with Gasteiger partial charge in [0.1, 0.15) is 0 Å². The number of likely N-dealkylation sites (tertiary alicyclic amines) is 2. The predicted octanol–water partition coefficient (Wildman–Crippen LogP) is 2.27. The molecule has 0 aromatic heterocycles. The minimum Gasteiger partial charge on any atom is -0.348 e. The quantitative estimate of drug-likeness (QED) is 0.706. The van der Waals surface area contributed by atoms with E-state index in [2.05, 4.69) is 17.9 Å². The Bertz CT molecular complexity index is 528. The molecule has 26 heavy (non-hydrogen) atoms. The molecule has 0 aromatic carbocycles. The summed E-state index contributed by atoms with van der Waals surface area (Å²) in [6.07, 6.45) is 5.35. The lowest BCUT2D eigenvalue weighted by Crippen LogP contribution is -2.64. The van der Waals surface area contributed by atoms with Gasteiger partial charge in [-0.2, -0.15) is 0 Å². The van der Waals surface area contributed by atoms with Crippen LogP contribution < -0.4 is 0 Å². The van der Waals surface area contributed by atoms with Gasteiger partial charge in [0, 0.05) is 45.7 Å². The van der Waals surface area contributed by atoms with Gasteiger partial charge in [0.2, 0.25) is 5.91 Å². The average molecular weight is 365 g/mol. The van der Waals surface area contributed by atoms with Gasteiger partial charge >= 0.3 is 6.03 Å². The van der Waals surface area contributed by atoms with Crippen LogP contribution in [0.25, 0.3) is 0 Å². The molecule has 3 aliphatic heterocycles. The smallest absolute Gasteiger partial charge is 0.320 e. The SMILES string of the molecule is CC.CC1=CCN(C(=O)N2CC3(CCN(CC(=O)N(C)C)CC3)C2)CC1. The van der Waals surface area contributed by atoms with Gasteiger partial charge in [-0.3, -0.25) is 9.69 Å². The van der Waals surface area contributed by atoms with Crippen LogP contribution in [0.2, 0.25) is 0 Å². The van der Waals surface area contributed by atoms with Gasteiger partial charge in [0.15, 0.2) is 0 Å². The fourth-order valence-corrected chi connectivity index (χ4v) is 3.88. The fraction of sp³-hybridized carbons (Fsp3) is 0.800. The summed E-state index contributed by atoms with van der Waals surface area (Å²) in [4.78, 5) is 32.3. The van der Waals surface area contributed by atoms with Gasteiger partial charge in [0.25, 0.3) is 0 Å². The average Bonchev–Trinajstić information content (AvgIpc) is 2.62. The molecule has 3 amide bonds. The molecule has 2 fully saturated rings. The normalized spacial score (nSPS) is 22.1. The summed E-state index contributed by atoms with van der Waals surface area (Å²) < 4.78 is 0. The van der Waals surface area contributed by atoms with E-state index in [1.54, 1.807) is 19.0 Å². The summed E-state index contributed by atoms with van der Waals surface area (Å²) >= 11 is 0. The first-order valence-corrected chi connectivity index (χ1v) is 10.0. The van der Waals surface area contributed by atoms with E-state index in [0.717, 1.165) is 58.5 Å². The van der Waals surface area contributed by atoms with Gasteiger partial charge in [-0.1, -0.05) is 25.5 Å². The topological polar surface area (TPSA) is 47.1 Å². The lowest BCUT2D eigenvalue weighted by Gasteiger charge is -2.54. The van der Waals surface area contributed by atoms with Crippen molar-refractivity contribution in [3.8, 4) is 0 Å². The van der Waals surface area contributed by atoms with Crippen LogP contribution >= 0.6 is 0 Å². The Morgan fingerprint density at radius 1 is 1.08 bits per heavy atom. The molecule has 6 nitrogen and oxygen atoms in total. The van der Waals surface area contributed by atoms with Gasteiger partial charge in [0.05, 0.1) is 6.54 Å². The zero-order chi connectivity index (χ0) is 19.3. The molecule has 0 aromatic rings. The number of hydrogen-bond donors (Lipinski definition) is 0. The Morgan fingerprint density at radius 3 is 2.19 bits per heavy atom. The van der Waals surface area contributed by atoms with Gasteiger partial charge in [-0.15, -0.1) is 0 Å². The summed E-state index contributed by atoms with van der Waals surface area (Å²) in [5, 5.41) is 0. The molecule has 0 saturated carbocycles. The molecule has 0 atom stereocenters. The Kier molecular flexibility index (Phi) is 7.09. The van der Waals surface area contributed by atoms with Crippen LogP contribution in [0.5, 0.6) is 0 Å². The summed E-state index contributed by atoms with van der Waals surface area (Å²) in [5.74, 6) is 0.171. The number of urea groups is 1. The first-order chi connectivity index (χ1) is 12.4. The molecule has 6 heteroatoms. The minimum absolute atomic E-state index is 0.171. The Labute approximate surface area is 158 Å². The number of carbonyl (C=O) groups is 2. The zero-order valence-corrected chi connectivity index (χ0v) is 17.3. The molecule has 1 spiro atoms. The van der Waals surface area contributed by atoms with Crippen molar-refractivity contribution in [1.82, 2.24) is 19.6 Å². The Morgan fingerprint density at radius 2 is 1.69 bits per heavy atom. The predicted molar refractivity (Wildman–Crippen MR) is 105 cm³/mol. The molecule has 3 aliphatic rings. The van der Waals surface area contributed by atoms with Gasteiger partial charge < -0.3 is 14.7 Å². The van der Waals surface area contributed by atoms with Crippen LogP contribution in [0.15, 0.2) is 11.6 Å². The molecule has 148 valence electrons. The zero-order valence-electron chi connectivity index (χ0n) is 17.3. The van der Waals surface area contributed by atoms with Crippen molar-refractivity contribution in [2.45, 2.75) is 40.0 Å². The maximum atomic E-state index is 12.6. The number of carbonyl (C=O) groups excluding carboxylic acids is 2. The number of amides is 3. The van der Waals surface area contributed by atoms with Crippen molar-refractivity contribution >= 4 is 11.9 Å². The maximum absolute atomic E-state index is 12.6. The summed E-state index contributed by atoms with van der Waals surface area (Å²) in [5.41, 5.74) is 1.69. The first kappa shape index (κ1) is 20.7. The van der Waals surface area contributed by atoms with Crippen LogP contribution in [-0.4, -0.2) is 91.4 Å². The van der Waals surface area contributed by atoms with Crippen LogP contribution in [0, 0.1) is 5.41 Å². The summed E-state index contributed by atoms with van der Waals surface area (Å²) in [7, 11) is 3.61. The van der Waals surface area contributed by atoms with Crippen LogP contribution in [0.4, 0.5) is 4.79 Å². The lowest BCUT2D eigenvalue weighted by atomic mass is 9.72. The molecular weight excluding hydrogens is 328 g/mol. The number of likely N-dealkylation sites (N-methyl/N-ethyl adjacent to an activating group) is 1. The van der Waals surface area contributed by atoms with E-state index < -0.39 is 0 Å². The van der Waals surface area contributed by atoms with E-state index in [0.29, 0.717) is 12.0 Å². The van der Waals surface area contributed by atoms with Crippen molar-refractivity contribution in [2.24, 2.45) is 5.41 Å². The second kappa shape index (κ2) is 8.89. The molecule has 3 heterocycles. The molecule has 0 radical (unpaired) electrons. The molecule has 0 unspecified atom stereocenters. The number of rotatable bonds is 2. The third-order valence-corrected chi connectivity index (χ3v) is 5.80.